The SMILES string of the molecule is Cc1ccc(Cn2c(=O)[nH]c3cc(Nc4ccccc4)ccc32)c(C)c1. The number of hydrogen-bond donors (Lipinski definition) is 2. The van der Waals surface area contributed by atoms with Gasteiger partial charge in [0, 0.05) is 11.4 Å². The summed E-state index contributed by atoms with van der Waals surface area (Å²) in [4.78, 5) is 15.4. The number of anilines is 2. The lowest BCUT2D eigenvalue weighted by atomic mass is 10.1. The number of hydrogen-bond acceptors (Lipinski definition) is 2. The number of rotatable bonds is 4. The molecule has 0 unspecified atom stereocenters. The molecule has 130 valence electrons. The quantitative estimate of drug-likeness (QED) is 0.562. The largest absolute Gasteiger partial charge is 0.355 e. The smallest absolute Gasteiger partial charge is 0.326 e. The molecule has 0 saturated carbocycles. The molecule has 0 fully saturated rings. The fourth-order valence-corrected chi connectivity index (χ4v) is 3.28. The minimum atomic E-state index is -0.0863. The van der Waals surface area contributed by atoms with Crippen LogP contribution in [0.4, 0.5) is 11.4 Å². The zero-order chi connectivity index (χ0) is 18.1. The monoisotopic (exact) mass is 343 g/mol. The average molecular weight is 343 g/mol. The Morgan fingerprint density at radius 2 is 1.73 bits per heavy atom. The summed E-state index contributed by atoms with van der Waals surface area (Å²) in [6.07, 6.45) is 0. The Bertz CT molecular complexity index is 1120. The van der Waals surface area contributed by atoms with Gasteiger partial charge in [0.25, 0.3) is 0 Å². The lowest BCUT2D eigenvalue weighted by Gasteiger charge is -2.09. The molecule has 0 atom stereocenters. The van der Waals surface area contributed by atoms with Crippen molar-refractivity contribution in [3.63, 3.8) is 0 Å². The van der Waals surface area contributed by atoms with Crippen LogP contribution in [-0.2, 0) is 6.54 Å². The van der Waals surface area contributed by atoms with E-state index in [4.69, 9.17) is 0 Å². The van der Waals surface area contributed by atoms with Gasteiger partial charge in [0.15, 0.2) is 0 Å². The number of imidazole rings is 1. The molecule has 0 bridgehead atoms. The first-order chi connectivity index (χ1) is 12.6. The van der Waals surface area contributed by atoms with Crippen LogP contribution in [0.3, 0.4) is 0 Å². The van der Waals surface area contributed by atoms with Crippen molar-refractivity contribution < 1.29 is 0 Å². The highest BCUT2D eigenvalue weighted by Gasteiger charge is 2.09. The molecule has 4 aromatic rings. The fourth-order valence-electron chi connectivity index (χ4n) is 3.28. The Labute approximate surface area is 152 Å². The van der Waals surface area contributed by atoms with Gasteiger partial charge in [-0.05, 0) is 55.3 Å². The summed E-state index contributed by atoms with van der Waals surface area (Å²) >= 11 is 0. The lowest BCUT2D eigenvalue weighted by molar-refractivity contribution is 0.782. The van der Waals surface area contributed by atoms with Crippen molar-refractivity contribution in [2.75, 3.05) is 5.32 Å². The number of nitrogens with zero attached hydrogens (tertiary/aromatic N) is 1. The van der Waals surface area contributed by atoms with Gasteiger partial charge >= 0.3 is 5.69 Å². The fraction of sp³-hybridized carbons (Fsp3) is 0.136. The van der Waals surface area contributed by atoms with Crippen LogP contribution in [-0.4, -0.2) is 9.55 Å². The van der Waals surface area contributed by atoms with Gasteiger partial charge in [0.1, 0.15) is 0 Å². The Kier molecular flexibility index (Phi) is 4.09. The summed E-state index contributed by atoms with van der Waals surface area (Å²) in [5.41, 5.74) is 7.21. The van der Waals surface area contributed by atoms with E-state index < -0.39 is 0 Å². The van der Waals surface area contributed by atoms with E-state index >= 15 is 0 Å². The number of fused-ring (bicyclic) bond motifs is 1. The van der Waals surface area contributed by atoms with Gasteiger partial charge in [-0.2, -0.15) is 0 Å². The van der Waals surface area contributed by atoms with Crippen molar-refractivity contribution in [2.45, 2.75) is 20.4 Å². The zero-order valence-corrected chi connectivity index (χ0v) is 14.9. The Morgan fingerprint density at radius 1 is 0.923 bits per heavy atom. The number of aryl methyl sites for hydroxylation is 2. The second-order valence-electron chi connectivity index (χ2n) is 6.67. The molecule has 0 spiro atoms. The third-order valence-electron chi connectivity index (χ3n) is 4.66. The predicted molar refractivity (Wildman–Crippen MR) is 107 cm³/mol. The highest BCUT2D eigenvalue weighted by Crippen LogP contribution is 2.21. The van der Waals surface area contributed by atoms with Crippen molar-refractivity contribution in [1.82, 2.24) is 9.55 Å². The summed E-state index contributed by atoms with van der Waals surface area (Å²) in [5.74, 6) is 0. The molecule has 3 aromatic carbocycles. The number of aromatic amines is 1. The molecule has 4 nitrogen and oxygen atoms in total. The van der Waals surface area contributed by atoms with Crippen LogP contribution in [0.1, 0.15) is 16.7 Å². The summed E-state index contributed by atoms with van der Waals surface area (Å²) < 4.78 is 1.79. The third-order valence-corrected chi connectivity index (χ3v) is 4.66. The summed E-state index contributed by atoms with van der Waals surface area (Å²) in [7, 11) is 0. The molecule has 4 heteroatoms. The molecule has 4 rings (SSSR count). The van der Waals surface area contributed by atoms with Crippen molar-refractivity contribution in [3.05, 3.63) is 93.9 Å². The van der Waals surface area contributed by atoms with Crippen LogP contribution < -0.4 is 11.0 Å². The molecule has 0 aliphatic heterocycles. The van der Waals surface area contributed by atoms with Gasteiger partial charge in [0.2, 0.25) is 0 Å². The lowest BCUT2D eigenvalue weighted by Crippen LogP contribution is -2.17. The van der Waals surface area contributed by atoms with Gasteiger partial charge in [0.05, 0.1) is 17.6 Å². The van der Waals surface area contributed by atoms with Crippen molar-refractivity contribution >= 4 is 22.4 Å². The molecule has 0 aliphatic carbocycles. The Morgan fingerprint density at radius 3 is 2.50 bits per heavy atom. The number of nitrogens with one attached hydrogen (secondary N) is 2. The number of benzene rings is 3. The Hall–Kier alpha value is -3.27. The maximum absolute atomic E-state index is 12.5. The average Bonchev–Trinajstić information content (AvgIpc) is 2.93. The van der Waals surface area contributed by atoms with Gasteiger partial charge < -0.3 is 10.3 Å². The molecule has 1 heterocycles. The van der Waals surface area contributed by atoms with Crippen molar-refractivity contribution in [3.8, 4) is 0 Å². The normalized spacial score (nSPS) is 11.0. The molecule has 2 N–H and O–H groups in total. The van der Waals surface area contributed by atoms with Gasteiger partial charge in [-0.3, -0.25) is 4.57 Å². The highest BCUT2D eigenvalue weighted by molar-refractivity contribution is 5.81. The van der Waals surface area contributed by atoms with E-state index in [2.05, 4.69) is 42.3 Å². The maximum atomic E-state index is 12.5. The molecule has 0 aliphatic rings. The molecule has 26 heavy (non-hydrogen) atoms. The van der Waals surface area contributed by atoms with Crippen molar-refractivity contribution in [1.29, 1.82) is 0 Å². The molecule has 1 aromatic heterocycles. The van der Waals surface area contributed by atoms with E-state index in [0.717, 1.165) is 28.0 Å². The molecular weight excluding hydrogens is 322 g/mol. The standard InChI is InChI=1S/C22H21N3O/c1-15-8-9-17(16(2)12-15)14-25-21-11-10-19(13-20(21)24-22(25)26)23-18-6-4-3-5-7-18/h3-13,23H,14H2,1-2H3,(H,24,26). The van der Waals surface area contributed by atoms with Crippen LogP contribution >= 0.6 is 0 Å². The first kappa shape index (κ1) is 16.2. The van der Waals surface area contributed by atoms with Gasteiger partial charge in [-0.25, -0.2) is 4.79 Å². The summed E-state index contributed by atoms with van der Waals surface area (Å²) in [5, 5.41) is 3.36. The second-order valence-corrected chi connectivity index (χ2v) is 6.67. The van der Waals surface area contributed by atoms with Crippen LogP contribution in [0, 0.1) is 13.8 Å². The summed E-state index contributed by atoms with van der Waals surface area (Å²) in [6.45, 7) is 4.73. The highest BCUT2D eigenvalue weighted by atomic mass is 16.1. The van der Waals surface area contributed by atoms with E-state index in [1.165, 1.54) is 11.1 Å². The maximum Gasteiger partial charge on any atom is 0.326 e. The van der Waals surface area contributed by atoms with Gasteiger partial charge in [-0.15, -0.1) is 0 Å². The Balaban J connectivity index is 1.68. The second kappa shape index (κ2) is 6.56. The predicted octanol–water partition coefficient (Wildman–Crippen LogP) is 4.74. The number of aromatic nitrogens is 2. The minimum absolute atomic E-state index is 0.0863. The number of para-hydroxylation sites is 1. The van der Waals surface area contributed by atoms with E-state index in [0.29, 0.717) is 6.54 Å². The zero-order valence-electron chi connectivity index (χ0n) is 14.9. The van der Waals surface area contributed by atoms with Crippen LogP contribution in [0.2, 0.25) is 0 Å². The van der Waals surface area contributed by atoms with Gasteiger partial charge in [-0.1, -0.05) is 42.0 Å². The molecule has 0 radical (unpaired) electrons. The molecular formula is C22H21N3O. The van der Waals surface area contributed by atoms with Crippen LogP contribution in [0.15, 0.2) is 71.5 Å². The molecule has 0 amide bonds. The van der Waals surface area contributed by atoms with Crippen LogP contribution in [0.5, 0.6) is 0 Å². The van der Waals surface area contributed by atoms with E-state index in [1.807, 2.05) is 48.5 Å². The summed E-state index contributed by atoms with van der Waals surface area (Å²) in [6, 6.07) is 22.3. The number of H-pyrrole nitrogens is 1. The van der Waals surface area contributed by atoms with Crippen LogP contribution in [0.25, 0.3) is 11.0 Å². The van der Waals surface area contributed by atoms with E-state index in [1.54, 1.807) is 4.57 Å². The first-order valence-electron chi connectivity index (χ1n) is 8.71. The van der Waals surface area contributed by atoms with E-state index in [9.17, 15) is 4.79 Å². The topological polar surface area (TPSA) is 49.8 Å². The van der Waals surface area contributed by atoms with E-state index in [-0.39, 0.29) is 5.69 Å². The minimum Gasteiger partial charge on any atom is -0.355 e. The molecule has 0 saturated heterocycles. The first-order valence-corrected chi connectivity index (χ1v) is 8.71. The van der Waals surface area contributed by atoms with Crippen molar-refractivity contribution in [2.24, 2.45) is 0 Å². The third kappa shape index (κ3) is 3.14.